The Kier molecular flexibility index (Phi) is 6.26. The number of pyridine rings is 2. The van der Waals surface area contributed by atoms with Crippen LogP contribution in [0, 0.1) is 6.92 Å². The molecule has 47 heavy (non-hydrogen) atoms. The summed E-state index contributed by atoms with van der Waals surface area (Å²) in [5.41, 5.74) is 8.22. The summed E-state index contributed by atoms with van der Waals surface area (Å²) in [6, 6.07) is 12.0. The third-order valence-corrected chi connectivity index (χ3v) is 9.93. The number of urea groups is 1. The van der Waals surface area contributed by atoms with Crippen molar-refractivity contribution in [2.75, 3.05) is 41.8 Å². The Hall–Kier alpha value is -5.10. The minimum Gasteiger partial charge on any atom is -0.389 e. The smallest absolute Gasteiger partial charge is 0.331 e. The Morgan fingerprint density at radius 1 is 0.979 bits per heavy atom. The van der Waals surface area contributed by atoms with Gasteiger partial charge in [-0.05, 0) is 74.1 Å². The maximum Gasteiger partial charge on any atom is 0.331 e. The minimum atomic E-state index is -0.327. The molecule has 4 fully saturated rings. The molecule has 4 aromatic heterocycles. The molecule has 5 aromatic rings. The summed E-state index contributed by atoms with van der Waals surface area (Å²) in [4.78, 5) is 49.4. The Bertz CT molecular complexity index is 2100. The number of aliphatic hydroxyl groups is 1. The molecule has 0 bridgehead atoms. The van der Waals surface area contributed by atoms with E-state index in [1.807, 2.05) is 35.9 Å². The standard InChI is InChI=1S/C35H35N9O3/c1-19-7-8-36-33(38-19)27-11-26(27)29-12-30(42-16-24(45)17-42)25-6-5-22(10-28(25)40-29)37-13-23-15-43-14-21(20-3-4-20)9-31(34(43)39-23)44-18-32(46)41(2)35(44)47/h5-10,12,14-15,20,24,26-27,37,45H,3-4,11,13,16-18H2,1-2H3/t26-,27-/m0/s1. The number of carbonyl (C=O) groups is 2. The fraction of sp³-hybridized carbons (Fsp3) is 0.371. The van der Waals surface area contributed by atoms with Crippen LogP contribution >= 0.6 is 0 Å². The number of nitrogens with zero attached hydrogens (tertiary/aromatic N) is 8. The lowest BCUT2D eigenvalue weighted by molar-refractivity contribution is -0.123. The van der Waals surface area contributed by atoms with Crippen molar-refractivity contribution in [2.45, 2.75) is 56.6 Å². The van der Waals surface area contributed by atoms with Gasteiger partial charge in [-0.15, -0.1) is 0 Å². The van der Waals surface area contributed by atoms with E-state index in [-0.39, 0.29) is 36.4 Å². The van der Waals surface area contributed by atoms with Gasteiger partial charge in [0.1, 0.15) is 12.4 Å². The molecule has 0 spiro atoms. The Labute approximate surface area is 271 Å². The first kappa shape index (κ1) is 28.1. The molecule has 12 nitrogen and oxygen atoms in total. The van der Waals surface area contributed by atoms with E-state index in [1.165, 1.54) is 16.8 Å². The van der Waals surface area contributed by atoms with Crippen LogP contribution in [0.4, 0.5) is 21.9 Å². The highest BCUT2D eigenvalue weighted by Gasteiger charge is 2.43. The first-order valence-corrected chi connectivity index (χ1v) is 16.3. The topological polar surface area (TPSA) is 132 Å². The van der Waals surface area contributed by atoms with Crippen LogP contribution in [0.2, 0.25) is 0 Å². The van der Waals surface area contributed by atoms with Gasteiger partial charge in [-0.3, -0.25) is 19.6 Å². The number of benzene rings is 1. The molecule has 2 atom stereocenters. The summed E-state index contributed by atoms with van der Waals surface area (Å²) < 4.78 is 1.99. The zero-order valence-electron chi connectivity index (χ0n) is 26.3. The number of hydrogen-bond acceptors (Lipinski definition) is 9. The average Bonchev–Trinajstić information content (AvgIpc) is 3.98. The normalized spacial score (nSPS) is 21.3. The third kappa shape index (κ3) is 4.94. The number of aliphatic hydroxyl groups excluding tert-OH is 1. The molecule has 6 heterocycles. The molecule has 238 valence electrons. The zero-order chi connectivity index (χ0) is 32.0. The van der Waals surface area contributed by atoms with Gasteiger partial charge in [0, 0.05) is 78.7 Å². The van der Waals surface area contributed by atoms with Crippen molar-refractivity contribution in [3.63, 3.8) is 0 Å². The summed E-state index contributed by atoms with van der Waals surface area (Å²) in [6.07, 6.45) is 8.82. The van der Waals surface area contributed by atoms with E-state index in [0.29, 0.717) is 36.9 Å². The van der Waals surface area contributed by atoms with Gasteiger partial charge in [-0.2, -0.15) is 0 Å². The largest absolute Gasteiger partial charge is 0.389 e. The molecule has 2 saturated carbocycles. The Morgan fingerprint density at radius 3 is 2.57 bits per heavy atom. The van der Waals surface area contributed by atoms with E-state index in [0.717, 1.165) is 70.0 Å². The van der Waals surface area contributed by atoms with Crippen LogP contribution in [0.5, 0.6) is 0 Å². The van der Waals surface area contributed by atoms with Crippen molar-refractivity contribution in [1.29, 1.82) is 0 Å². The highest BCUT2D eigenvalue weighted by Crippen LogP contribution is 2.54. The van der Waals surface area contributed by atoms with Crippen molar-refractivity contribution in [2.24, 2.45) is 0 Å². The number of nitrogens with one attached hydrogen (secondary N) is 1. The van der Waals surface area contributed by atoms with E-state index < -0.39 is 0 Å². The van der Waals surface area contributed by atoms with Gasteiger partial charge < -0.3 is 19.7 Å². The van der Waals surface area contributed by atoms with Crippen LogP contribution in [-0.2, 0) is 11.3 Å². The number of imidazole rings is 1. The molecular weight excluding hydrogens is 594 g/mol. The molecule has 2 saturated heterocycles. The van der Waals surface area contributed by atoms with Crippen LogP contribution in [0.3, 0.4) is 0 Å². The molecule has 0 radical (unpaired) electrons. The number of amides is 3. The molecule has 4 aliphatic rings. The first-order valence-electron chi connectivity index (χ1n) is 16.3. The second kappa shape index (κ2) is 10.5. The van der Waals surface area contributed by atoms with E-state index in [1.54, 1.807) is 0 Å². The van der Waals surface area contributed by atoms with Gasteiger partial charge in [-0.1, -0.05) is 0 Å². The molecule has 3 amide bonds. The summed E-state index contributed by atoms with van der Waals surface area (Å²) in [5.74, 6) is 1.64. The van der Waals surface area contributed by atoms with E-state index in [9.17, 15) is 14.7 Å². The van der Waals surface area contributed by atoms with Gasteiger partial charge in [-0.25, -0.2) is 19.7 Å². The van der Waals surface area contributed by atoms with Crippen LogP contribution in [0.15, 0.2) is 55.0 Å². The van der Waals surface area contributed by atoms with Gasteiger partial charge in [0.05, 0.1) is 29.5 Å². The van der Waals surface area contributed by atoms with Crippen LogP contribution in [0.1, 0.15) is 65.5 Å². The minimum absolute atomic E-state index is 0.0175. The number of aryl methyl sites for hydroxylation is 1. The predicted molar refractivity (Wildman–Crippen MR) is 177 cm³/mol. The van der Waals surface area contributed by atoms with Crippen molar-refractivity contribution in [3.8, 4) is 0 Å². The van der Waals surface area contributed by atoms with Crippen molar-refractivity contribution < 1.29 is 14.7 Å². The molecule has 0 unspecified atom stereocenters. The first-order chi connectivity index (χ1) is 22.8. The lowest BCUT2D eigenvalue weighted by atomic mass is 10.0. The number of rotatable bonds is 8. The number of anilines is 3. The molecule has 9 rings (SSSR count). The van der Waals surface area contributed by atoms with E-state index in [2.05, 4.69) is 50.6 Å². The van der Waals surface area contributed by atoms with Crippen LogP contribution < -0.4 is 15.1 Å². The number of β-amino-alcohol motifs (C(OH)–C–C–N with tert-alkyl or cyclic N) is 1. The maximum absolute atomic E-state index is 12.9. The average molecular weight is 630 g/mol. The lowest BCUT2D eigenvalue weighted by Gasteiger charge is -2.38. The summed E-state index contributed by atoms with van der Waals surface area (Å²) >= 11 is 0. The molecule has 2 aliphatic carbocycles. The van der Waals surface area contributed by atoms with Crippen molar-refractivity contribution >= 4 is 45.6 Å². The van der Waals surface area contributed by atoms with Crippen LogP contribution in [-0.4, -0.2) is 79.1 Å². The van der Waals surface area contributed by atoms with Crippen molar-refractivity contribution in [1.82, 2.24) is 29.2 Å². The highest BCUT2D eigenvalue weighted by molar-refractivity contribution is 6.13. The second-order valence-corrected chi connectivity index (χ2v) is 13.4. The number of carbonyl (C=O) groups excluding carboxylic acids is 2. The zero-order valence-corrected chi connectivity index (χ0v) is 26.3. The number of fused-ring (bicyclic) bond motifs is 2. The van der Waals surface area contributed by atoms with Crippen molar-refractivity contribution in [3.05, 3.63) is 83.5 Å². The van der Waals surface area contributed by atoms with E-state index >= 15 is 0 Å². The maximum atomic E-state index is 12.9. The fourth-order valence-electron chi connectivity index (χ4n) is 6.95. The molecule has 1 aromatic carbocycles. The summed E-state index contributed by atoms with van der Waals surface area (Å²) in [5, 5.41) is 14.6. The molecule has 2 aliphatic heterocycles. The van der Waals surface area contributed by atoms with Gasteiger partial charge >= 0.3 is 6.03 Å². The SMILES string of the molecule is Cc1ccnc([C@H]2C[C@@H]2c2cc(N3CC(O)C3)c3ccc(NCc4cn5cc(C6CC6)cc(N6CC(=O)N(C)C6=O)c5n4)cc3n2)n1. The van der Waals surface area contributed by atoms with Crippen LogP contribution in [0.25, 0.3) is 16.6 Å². The Balaban J connectivity index is 1.01. The summed E-state index contributed by atoms with van der Waals surface area (Å²) in [7, 11) is 1.52. The Morgan fingerprint density at radius 2 is 1.83 bits per heavy atom. The lowest BCUT2D eigenvalue weighted by Crippen LogP contribution is -2.50. The van der Waals surface area contributed by atoms with Gasteiger partial charge in [0.25, 0.3) is 0 Å². The number of hydrogen-bond donors (Lipinski definition) is 2. The number of imide groups is 1. The molecule has 2 N–H and O–H groups in total. The number of aromatic nitrogens is 5. The third-order valence-electron chi connectivity index (χ3n) is 9.93. The highest BCUT2D eigenvalue weighted by atomic mass is 16.3. The molecular formula is C35H35N9O3. The quantitative estimate of drug-likeness (QED) is 0.241. The van der Waals surface area contributed by atoms with Gasteiger partial charge in [0.2, 0.25) is 5.91 Å². The number of likely N-dealkylation sites (N-methyl/N-ethyl adjacent to an activating group) is 1. The second-order valence-electron chi connectivity index (χ2n) is 13.4. The summed E-state index contributed by atoms with van der Waals surface area (Å²) in [6.45, 7) is 3.70. The monoisotopic (exact) mass is 629 g/mol. The fourth-order valence-corrected chi connectivity index (χ4v) is 6.95. The predicted octanol–water partition coefficient (Wildman–Crippen LogP) is 4.32. The van der Waals surface area contributed by atoms with E-state index in [4.69, 9.17) is 9.97 Å². The van der Waals surface area contributed by atoms with Gasteiger partial charge in [0.15, 0.2) is 5.65 Å². The molecule has 12 heteroatoms.